The van der Waals surface area contributed by atoms with Gasteiger partial charge in [0.1, 0.15) is 18.0 Å². The van der Waals surface area contributed by atoms with Crippen LogP contribution in [0.1, 0.15) is 47.6 Å². The fourth-order valence-electron chi connectivity index (χ4n) is 2.66. The predicted octanol–water partition coefficient (Wildman–Crippen LogP) is 3.28. The van der Waals surface area contributed by atoms with Gasteiger partial charge in [0.25, 0.3) is 5.91 Å². The van der Waals surface area contributed by atoms with Crippen LogP contribution in [0.5, 0.6) is 0 Å². The van der Waals surface area contributed by atoms with Gasteiger partial charge >= 0.3 is 0 Å². The number of carbonyl (C=O) groups is 1. The van der Waals surface area contributed by atoms with Crippen molar-refractivity contribution in [3.05, 3.63) is 46.3 Å². The topological polar surface area (TPSA) is 59.8 Å². The van der Waals surface area contributed by atoms with E-state index in [-0.39, 0.29) is 16.6 Å². The lowest BCUT2D eigenvalue weighted by molar-refractivity contribution is 0.0924. The third-order valence-electron chi connectivity index (χ3n) is 4.11. The Morgan fingerprint density at radius 3 is 2.91 bits per heavy atom. The predicted molar refractivity (Wildman–Crippen MR) is 84.8 cm³/mol. The van der Waals surface area contributed by atoms with E-state index in [4.69, 9.17) is 11.6 Å². The average molecular weight is 337 g/mol. The molecule has 2 aromatic rings. The van der Waals surface area contributed by atoms with Crippen LogP contribution in [-0.2, 0) is 6.54 Å². The van der Waals surface area contributed by atoms with E-state index in [9.17, 15) is 9.18 Å². The first-order chi connectivity index (χ1) is 11.0. The lowest BCUT2D eigenvalue weighted by Gasteiger charge is -2.19. The molecular formula is C16H18ClFN4O. The largest absolute Gasteiger partial charge is 0.342 e. The van der Waals surface area contributed by atoms with Gasteiger partial charge in [0.05, 0.1) is 16.6 Å². The van der Waals surface area contributed by atoms with Gasteiger partial charge in [0.15, 0.2) is 0 Å². The fraction of sp³-hybridized carbons (Fsp3) is 0.438. The minimum Gasteiger partial charge on any atom is -0.342 e. The molecule has 1 unspecified atom stereocenters. The van der Waals surface area contributed by atoms with Gasteiger partial charge in [-0.1, -0.05) is 17.7 Å². The molecule has 1 aromatic heterocycles. The van der Waals surface area contributed by atoms with Crippen LogP contribution in [0, 0.1) is 18.7 Å². The van der Waals surface area contributed by atoms with Crippen molar-refractivity contribution in [3.63, 3.8) is 0 Å². The van der Waals surface area contributed by atoms with Crippen molar-refractivity contribution in [2.24, 2.45) is 5.92 Å². The summed E-state index contributed by atoms with van der Waals surface area (Å²) in [5.41, 5.74) is 0.554. The van der Waals surface area contributed by atoms with Crippen molar-refractivity contribution < 1.29 is 9.18 Å². The molecule has 1 fully saturated rings. The van der Waals surface area contributed by atoms with E-state index in [2.05, 4.69) is 15.4 Å². The molecule has 1 aliphatic rings. The lowest BCUT2D eigenvalue weighted by Crippen LogP contribution is -2.33. The molecule has 0 saturated heterocycles. The molecule has 23 heavy (non-hydrogen) atoms. The van der Waals surface area contributed by atoms with Crippen LogP contribution in [0.2, 0.25) is 5.02 Å². The Morgan fingerprint density at radius 1 is 1.52 bits per heavy atom. The summed E-state index contributed by atoms with van der Waals surface area (Å²) in [7, 11) is 0. The number of hydrogen-bond acceptors (Lipinski definition) is 3. The van der Waals surface area contributed by atoms with Crippen molar-refractivity contribution in [1.82, 2.24) is 20.1 Å². The van der Waals surface area contributed by atoms with Crippen molar-refractivity contribution in [2.75, 3.05) is 0 Å². The standard InChI is InChI=1S/C16H18ClFN4O/c1-3-22-15(19-8-20-22)14(10-5-6-10)21-16(23)12-11(18)7-4-9(2)13(12)17/h4,7-8,10,14H,3,5-6H2,1-2H3,(H,21,23). The molecule has 5 nitrogen and oxygen atoms in total. The summed E-state index contributed by atoms with van der Waals surface area (Å²) in [6.45, 7) is 4.36. The molecule has 7 heteroatoms. The van der Waals surface area contributed by atoms with Crippen LogP contribution in [0.25, 0.3) is 0 Å². The Hall–Kier alpha value is -1.95. The Labute approximate surface area is 138 Å². The molecule has 1 saturated carbocycles. The number of benzene rings is 1. The Kier molecular flexibility index (Phi) is 4.35. The van der Waals surface area contributed by atoms with E-state index in [0.717, 1.165) is 12.8 Å². The van der Waals surface area contributed by atoms with E-state index in [1.807, 2.05) is 6.92 Å². The van der Waals surface area contributed by atoms with Gasteiger partial charge in [-0.2, -0.15) is 5.10 Å². The quantitative estimate of drug-likeness (QED) is 0.911. The molecule has 1 aromatic carbocycles. The second-order valence-corrected chi connectivity index (χ2v) is 6.15. The monoisotopic (exact) mass is 336 g/mol. The van der Waals surface area contributed by atoms with Crippen LogP contribution in [0.15, 0.2) is 18.5 Å². The summed E-state index contributed by atoms with van der Waals surface area (Å²) < 4.78 is 15.8. The number of nitrogens with zero attached hydrogens (tertiary/aromatic N) is 3. The number of aromatic nitrogens is 3. The highest BCUT2D eigenvalue weighted by Crippen LogP contribution is 2.40. The summed E-state index contributed by atoms with van der Waals surface area (Å²) in [5.74, 6) is -0.129. The van der Waals surface area contributed by atoms with Crippen LogP contribution in [0.3, 0.4) is 0 Å². The highest BCUT2D eigenvalue weighted by atomic mass is 35.5. The smallest absolute Gasteiger partial charge is 0.256 e. The Balaban J connectivity index is 1.90. The number of carbonyl (C=O) groups excluding carboxylic acids is 1. The zero-order chi connectivity index (χ0) is 16.6. The van der Waals surface area contributed by atoms with Crippen molar-refractivity contribution in [1.29, 1.82) is 0 Å². The first-order valence-electron chi connectivity index (χ1n) is 7.66. The second-order valence-electron chi connectivity index (χ2n) is 5.78. The van der Waals surface area contributed by atoms with E-state index in [1.54, 1.807) is 17.7 Å². The number of aryl methyl sites for hydroxylation is 2. The number of halogens is 2. The van der Waals surface area contributed by atoms with Gasteiger partial charge in [-0.15, -0.1) is 0 Å². The van der Waals surface area contributed by atoms with Gasteiger partial charge < -0.3 is 5.32 Å². The van der Waals surface area contributed by atoms with Crippen LogP contribution >= 0.6 is 11.6 Å². The molecule has 0 bridgehead atoms. The van der Waals surface area contributed by atoms with Crippen LogP contribution < -0.4 is 5.32 Å². The normalized spacial score (nSPS) is 15.5. The maximum Gasteiger partial charge on any atom is 0.256 e. The number of nitrogens with one attached hydrogen (secondary N) is 1. The number of rotatable bonds is 5. The zero-order valence-corrected chi connectivity index (χ0v) is 13.8. The summed E-state index contributed by atoms with van der Waals surface area (Å²) in [5, 5.41) is 7.19. The first-order valence-corrected chi connectivity index (χ1v) is 8.03. The Morgan fingerprint density at radius 2 is 2.26 bits per heavy atom. The van der Waals surface area contributed by atoms with Crippen molar-refractivity contribution in [2.45, 2.75) is 39.3 Å². The molecule has 1 heterocycles. The molecule has 122 valence electrons. The molecule has 3 rings (SSSR count). The average Bonchev–Trinajstić information content (AvgIpc) is 3.26. The molecular weight excluding hydrogens is 319 g/mol. The minimum absolute atomic E-state index is 0.111. The van der Waals surface area contributed by atoms with Gasteiger partial charge in [0.2, 0.25) is 0 Å². The summed E-state index contributed by atoms with van der Waals surface area (Å²) in [6.07, 6.45) is 3.48. The fourth-order valence-corrected chi connectivity index (χ4v) is 2.90. The molecule has 0 radical (unpaired) electrons. The highest BCUT2D eigenvalue weighted by Gasteiger charge is 2.37. The van der Waals surface area contributed by atoms with Gasteiger partial charge in [-0.25, -0.2) is 14.1 Å². The lowest BCUT2D eigenvalue weighted by atomic mass is 10.1. The van der Waals surface area contributed by atoms with E-state index in [1.165, 1.54) is 12.4 Å². The third kappa shape index (κ3) is 3.08. The zero-order valence-electron chi connectivity index (χ0n) is 13.0. The summed E-state index contributed by atoms with van der Waals surface area (Å²) in [4.78, 5) is 16.9. The van der Waals surface area contributed by atoms with E-state index in [0.29, 0.717) is 23.9 Å². The maximum absolute atomic E-state index is 14.1. The molecule has 1 atom stereocenters. The summed E-state index contributed by atoms with van der Waals surface area (Å²) >= 11 is 6.12. The number of hydrogen-bond donors (Lipinski definition) is 1. The third-order valence-corrected chi connectivity index (χ3v) is 4.60. The second kappa shape index (κ2) is 6.28. The first kappa shape index (κ1) is 15.9. The van der Waals surface area contributed by atoms with Gasteiger partial charge in [-0.3, -0.25) is 4.79 Å². The van der Waals surface area contributed by atoms with E-state index < -0.39 is 11.7 Å². The maximum atomic E-state index is 14.1. The van der Waals surface area contributed by atoms with Gasteiger partial charge in [0, 0.05) is 6.54 Å². The molecule has 0 spiro atoms. The SMILES string of the molecule is CCn1ncnc1C(NC(=O)c1c(F)ccc(C)c1Cl)C1CC1. The summed E-state index contributed by atoms with van der Waals surface area (Å²) in [6, 6.07) is 2.54. The van der Waals surface area contributed by atoms with Crippen molar-refractivity contribution in [3.8, 4) is 0 Å². The highest BCUT2D eigenvalue weighted by molar-refractivity contribution is 6.34. The molecule has 1 N–H and O–H groups in total. The van der Waals surface area contributed by atoms with E-state index >= 15 is 0 Å². The number of amides is 1. The van der Waals surface area contributed by atoms with Crippen molar-refractivity contribution >= 4 is 17.5 Å². The molecule has 1 amide bonds. The molecule has 1 aliphatic carbocycles. The molecule has 0 aliphatic heterocycles. The van der Waals surface area contributed by atoms with Crippen LogP contribution in [0.4, 0.5) is 4.39 Å². The van der Waals surface area contributed by atoms with Crippen LogP contribution in [-0.4, -0.2) is 20.7 Å². The Bertz CT molecular complexity index is 742. The van der Waals surface area contributed by atoms with Gasteiger partial charge in [-0.05, 0) is 44.2 Å². The minimum atomic E-state index is -0.621.